The van der Waals surface area contributed by atoms with Crippen LogP contribution in [0.15, 0.2) is 23.1 Å². The highest BCUT2D eigenvalue weighted by Crippen LogP contribution is 2.22. The molecule has 23 heavy (non-hydrogen) atoms. The minimum absolute atomic E-state index is 0. The molecule has 1 aliphatic rings. The van der Waals surface area contributed by atoms with Gasteiger partial charge in [-0.1, -0.05) is 6.92 Å². The van der Waals surface area contributed by atoms with E-state index in [9.17, 15) is 8.42 Å². The Morgan fingerprint density at radius 1 is 1.30 bits per heavy atom. The largest absolute Gasteiger partial charge is 0.497 e. The number of benzene rings is 1. The molecule has 1 N–H and O–H groups in total. The summed E-state index contributed by atoms with van der Waals surface area (Å²) in [5, 5.41) is 0. The van der Waals surface area contributed by atoms with Crippen LogP contribution in [0, 0.1) is 6.92 Å². The van der Waals surface area contributed by atoms with Gasteiger partial charge in [-0.15, -0.1) is 12.4 Å². The lowest BCUT2D eigenvalue weighted by Gasteiger charge is -2.32. The van der Waals surface area contributed by atoms with Crippen LogP contribution in [0.3, 0.4) is 0 Å². The first-order chi connectivity index (χ1) is 10.5. The minimum atomic E-state index is -3.47. The van der Waals surface area contributed by atoms with Gasteiger partial charge in [0.1, 0.15) is 5.75 Å². The molecule has 0 spiro atoms. The van der Waals surface area contributed by atoms with E-state index in [0.717, 1.165) is 38.9 Å². The zero-order valence-corrected chi connectivity index (χ0v) is 15.7. The Kier molecular flexibility index (Phi) is 7.80. The van der Waals surface area contributed by atoms with Crippen LogP contribution >= 0.6 is 12.4 Å². The zero-order chi connectivity index (χ0) is 16.2. The maximum atomic E-state index is 12.6. The van der Waals surface area contributed by atoms with E-state index in [1.165, 1.54) is 0 Å². The number of sulfonamides is 1. The molecule has 0 aliphatic carbocycles. The van der Waals surface area contributed by atoms with E-state index >= 15 is 0 Å². The molecule has 1 fully saturated rings. The summed E-state index contributed by atoms with van der Waals surface area (Å²) in [5.41, 5.74) is 0.704. The maximum Gasteiger partial charge on any atom is 0.241 e. The Balaban J connectivity index is 0.00000264. The number of aryl methyl sites for hydroxylation is 1. The molecule has 0 bridgehead atoms. The van der Waals surface area contributed by atoms with E-state index in [1.807, 2.05) is 0 Å². The molecule has 0 amide bonds. The topological polar surface area (TPSA) is 58.6 Å². The Bertz CT molecular complexity index is 599. The molecule has 1 aliphatic heterocycles. The predicted molar refractivity (Wildman–Crippen MR) is 95.1 cm³/mol. The minimum Gasteiger partial charge on any atom is -0.497 e. The molecule has 0 atom stereocenters. The lowest BCUT2D eigenvalue weighted by atomic mass is 10.1. The third-order valence-corrected chi connectivity index (χ3v) is 5.80. The second kappa shape index (κ2) is 8.87. The smallest absolute Gasteiger partial charge is 0.241 e. The molecule has 5 nitrogen and oxygen atoms in total. The van der Waals surface area contributed by atoms with Gasteiger partial charge < -0.3 is 9.64 Å². The van der Waals surface area contributed by atoms with Crippen molar-refractivity contribution in [1.82, 2.24) is 9.62 Å². The van der Waals surface area contributed by atoms with E-state index in [0.29, 0.717) is 16.2 Å². The molecule has 1 saturated heterocycles. The van der Waals surface area contributed by atoms with Gasteiger partial charge in [0, 0.05) is 6.04 Å². The molecule has 132 valence electrons. The summed E-state index contributed by atoms with van der Waals surface area (Å²) in [6.45, 7) is 6.98. The molecule has 2 rings (SSSR count). The van der Waals surface area contributed by atoms with Crippen LogP contribution in [0.5, 0.6) is 5.75 Å². The SMILES string of the molecule is CCCN1CCC(NS(=O)(=O)c2ccc(OC)cc2C)CC1.Cl. The normalized spacial score (nSPS) is 16.8. The molecular weight excluding hydrogens is 336 g/mol. The van der Waals surface area contributed by atoms with Crippen molar-refractivity contribution >= 4 is 22.4 Å². The predicted octanol–water partition coefficient (Wildman–Crippen LogP) is 2.58. The van der Waals surface area contributed by atoms with Gasteiger partial charge >= 0.3 is 0 Å². The van der Waals surface area contributed by atoms with Crippen molar-refractivity contribution in [1.29, 1.82) is 0 Å². The van der Waals surface area contributed by atoms with Crippen LogP contribution in [0.1, 0.15) is 31.7 Å². The first-order valence-corrected chi connectivity index (χ1v) is 9.34. The highest BCUT2D eigenvalue weighted by atomic mass is 35.5. The molecule has 7 heteroatoms. The molecule has 0 radical (unpaired) electrons. The lowest BCUT2D eigenvalue weighted by molar-refractivity contribution is 0.208. The summed E-state index contributed by atoms with van der Waals surface area (Å²) < 4.78 is 33.1. The second-order valence-electron chi connectivity index (χ2n) is 5.87. The van der Waals surface area contributed by atoms with E-state index in [-0.39, 0.29) is 18.4 Å². The number of methoxy groups -OCH3 is 1. The van der Waals surface area contributed by atoms with Crippen molar-refractivity contribution in [3.05, 3.63) is 23.8 Å². The van der Waals surface area contributed by atoms with Crippen LogP contribution in [0.2, 0.25) is 0 Å². The number of nitrogens with zero attached hydrogens (tertiary/aromatic N) is 1. The van der Waals surface area contributed by atoms with E-state index < -0.39 is 10.0 Å². The van der Waals surface area contributed by atoms with Crippen molar-refractivity contribution in [3.8, 4) is 5.75 Å². The molecule has 0 saturated carbocycles. The summed E-state index contributed by atoms with van der Waals surface area (Å²) >= 11 is 0. The van der Waals surface area contributed by atoms with Crippen molar-refractivity contribution < 1.29 is 13.2 Å². The number of likely N-dealkylation sites (tertiary alicyclic amines) is 1. The quantitative estimate of drug-likeness (QED) is 0.845. The fraction of sp³-hybridized carbons (Fsp3) is 0.625. The van der Waals surface area contributed by atoms with Crippen LogP contribution < -0.4 is 9.46 Å². The molecule has 1 heterocycles. The van der Waals surface area contributed by atoms with Crippen LogP contribution in [0.4, 0.5) is 0 Å². The number of hydrogen-bond acceptors (Lipinski definition) is 4. The summed E-state index contributed by atoms with van der Waals surface area (Å²) in [4.78, 5) is 2.73. The highest BCUT2D eigenvalue weighted by molar-refractivity contribution is 7.89. The average molecular weight is 363 g/mol. The van der Waals surface area contributed by atoms with Gasteiger partial charge in [0.25, 0.3) is 0 Å². The Morgan fingerprint density at radius 2 is 1.96 bits per heavy atom. The third kappa shape index (κ3) is 5.35. The van der Waals surface area contributed by atoms with E-state index in [1.54, 1.807) is 32.2 Å². The lowest BCUT2D eigenvalue weighted by Crippen LogP contribution is -2.44. The van der Waals surface area contributed by atoms with Gasteiger partial charge in [0.15, 0.2) is 0 Å². The van der Waals surface area contributed by atoms with Crippen LogP contribution in [0.25, 0.3) is 0 Å². The molecule has 1 aromatic rings. The highest BCUT2D eigenvalue weighted by Gasteiger charge is 2.25. The van der Waals surface area contributed by atoms with Gasteiger partial charge in [0.05, 0.1) is 12.0 Å². The van der Waals surface area contributed by atoms with Gasteiger partial charge in [0.2, 0.25) is 10.0 Å². The standard InChI is InChI=1S/C16H26N2O3S.ClH/c1-4-9-18-10-7-14(8-11-18)17-22(19,20)16-6-5-15(21-3)12-13(16)2;/h5-6,12,14,17H,4,7-11H2,1-3H3;1H. The number of nitrogens with one attached hydrogen (secondary N) is 1. The number of halogens is 1. The van der Waals surface area contributed by atoms with Crippen LogP contribution in [-0.2, 0) is 10.0 Å². The number of hydrogen-bond donors (Lipinski definition) is 1. The molecule has 0 unspecified atom stereocenters. The number of ether oxygens (including phenoxy) is 1. The van der Waals surface area contributed by atoms with Crippen LogP contribution in [-0.4, -0.2) is 46.1 Å². The monoisotopic (exact) mass is 362 g/mol. The van der Waals surface area contributed by atoms with Gasteiger partial charge in [-0.05, 0) is 69.6 Å². The van der Waals surface area contributed by atoms with E-state index in [4.69, 9.17) is 4.74 Å². The van der Waals surface area contributed by atoms with Crippen molar-refractivity contribution in [2.75, 3.05) is 26.7 Å². The molecular formula is C16H27ClN2O3S. The van der Waals surface area contributed by atoms with E-state index in [2.05, 4.69) is 16.5 Å². The second-order valence-corrected chi connectivity index (χ2v) is 7.55. The molecule has 1 aromatic carbocycles. The van der Waals surface area contributed by atoms with Gasteiger partial charge in [-0.3, -0.25) is 0 Å². The fourth-order valence-corrected chi connectivity index (χ4v) is 4.46. The number of rotatable bonds is 6. The summed E-state index contributed by atoms with van der Waals surface area (Å²) in [7, 11) is -1.89. The fourth-order valence-electron chi connectivity index (χ4n) is 2.92. The van der Waals surface area contributed by atoms with Crippen molar-refractivity contribution in [2.24, 2.45) is 0 Å². The summed E-state index contributed by atoms with van der Waals surface area (Å²) in [5.74, 6) is 0.671. The maximum absolute atomic E-state index is 12.6. The molecule has 0 aromatic heterocycles. The third-order valence-electron chi connectivity index (χ3n) is 4.12. The Labute approximate surface area is 145 Å². The van der Waals surface area contributed by atoms with Crippen molar-refractivity contribution in [3.63, 3.8) is 0 Å². The Morgan fingerprint density at radius 3 is 2.48 bits per heavy atom. The first-order valence-electron chi connectivity index (χ1n) is 7.85. The number of piperidine rings is 1. The average Bonchev–Trinajstić information content (AvgIpc) is 2.48. The summed E-state index contributed by atoms with van der Waals surface area (Å²) in [6.07, 6.45) is 2.88. The van der Waals surface area contributed by atoms with Crippen molar-refractivity contribution in [2.45, 2.75) is 44.0 Å². The van der Waals surface area contributed by atoms with Gasteiger partial charge in [-0.2, -0.15) is 0 Å². The summed E-state index contributed by atoms with van der Waals surface area (Å²) in [6, 6.07) is 5.08. The van der Waals surface area contributed by atoms with Gasteiger partial charge in [-0.25, -0.2) is 13.1 Å². The Hall–Kier alpha value is -0.820. The first kappa shape index (κ1) is 20.2. The zero-order valence-electron chi connectivity index (χ0n) is 14.0.